The molecule has 1 amide bonds. The Morgan fingerprint density at radius 2 is 2.07 bits per heavy atom. The summed E-state index contributed by atoms with van der Waals surface area (Å²) in [5, 5.41) is 22.2. The van der Waals surface area contributed by atoms with Gasteiger partial charge in [0, 0.05) is 18.0 Å². The van der Waals surface area contributed by atoms with Gasteiger partial charge in [-0.05, 0) is 32.0 Å². The third-order valence-electron chi connectivity index (χ3n) is 4.01. The fraction of sp³-hybridized carbons (Fsp3) is 0.235. The molecular weight excluding hydrogens is 352 g/mol. The van der Waals surface area contributed by atoms with Crippen LogP contribution in [0.4, 0.5) is 11.4 Å². The molecule has 27 heavy (non-hydrogen) atoms. The standard InChI is InChI=1S/C17H18N6O4/c1-11-16(23(25)26)12(2)22(19-11)10-21-8-7-15(20-21)17(24)18-13-5-4-6-14(9-13)27-3/h4-9H,10H2,1-3H3,(H,18,24). The lowest BCUT2D eigenvalue weighted by molar-refractivity contribution is -0.386. The number of aryl methyl sites for hydroxylation is 1. The van der Waals surface area contributed by atoms with Crippen molar-refractivity contribution in [1.29, 1.82) is 0 Å². The summed E-state index contributed by atoms with van der Waals surface area (Å²) in [5.41, 5.74) is 1.55. The number of methoxy groups -OCH3 is 1. The second-order valence-corrected chi connectivity index (χ2v) is 5.84. The van der Waals surface area contributed by atoms with Crippen LogP contribution in [0.25, 0.3) is 0 Å². The smallest absolute Gasteiger partial charge is 0.312 e. The van der Waals surface area contributed by atoms with E-state index in [1.807, 2.05) is 0 Å². The molecule has 10 nitrogen and oxygen atoms in total. The fourth-order valence-corrected chi connectivity index (χ4v) is 2.68. The number of benzene rings is 1. The van der Waals surface area contributed by atoms with Crippen LogP contribution in [0, 0.1) is 24.0 Å². The Balaban J connectivity index is 1.74. The second-order valence-electron chi connectivity index (χ2n) is 5.84. The van der Waals surface area contributed by atoms with E-state index < -0.39 is 4.92 Å². The molecule has 0 aliphatic heterocycles. The molecule has 0 atom stereocenters. The number of anilines is 1. The highest BCUT2D eigenvalue weighted by Crippen LogP contribution is 2.22. The van der Waals surface area contributed by atoms with Crippen molar-refractivity contribution in [1.82, 2.24) is 19.6 Å². The summed E-state index contributed by atoms with van der Waals surface area (Å²) >= 11 is 0. The lowest BCUT2D eigenvalue weighted by Gasteiger charge is -2.06. The normalized spacial score (nSPS) is 10.6. The minimum absolute atomic E-state index is 0.0156. The molecule has 3 rings (SSSR count). The van der Waals surface area contributed by atoms with Crippen LogP contribution >= 0.6 is 0 Å². The van der Waals surface area contributed by atoms with Crippen LogP contribution in [0.15, 0.2) is 36.5 Å². The van der Waals surface area contributed by atoms with Gasteiger partial charge in [0.05, 0.1) is 12.0 Å². The van der Waals surface area contributed by atoms with E-state index in [0.717, 1.165) is 0 Å². The molecule has 0 unspecified atom stereocenters. The van der Waals surface area contributed by atoms with Crippen LogP contribution in [-0.2, 0) is 6.67 Å². The zero-order valence-electron chi connectivity index (χ0n) is 15.0. The highest BCUT2D eigenvalue weighted by Gasteiger charge is 2.22. The molecule has 3 aromatic rings. The molecule has 1 aromatic carbocycles. The van der Waals surface area contributed by atoms with Crippen molar-refractivity contribution in [3.63, 3.8) is 0 Å². The topological polar surface area (TPSA) is 117 Å². The Labute approximate surface area is 154 Å². The summed E-state index contributed by atoms with van der Waals surface area (Å²) in [6, 6.07) is 8.55. The number of nitrogens with one attached hydrogen (secondary N) is 1. The van der Waals surface area contributed by atoms with E-state index in [1.165, 1.54) is 9.36 Å². The van der Waals surface area contributed by atoms with Gasteiger partial charge in [0.15, 0.2) is 5.69 Å². The molecule has 0 bridgehead atoms. The van der Waals surface area contributed by atoms with Gasteiger partial charge in [-0.1, -0.05) is 6.07 Å². The lowest BCUT2D eigenvalue weighted by Crippen LogP contribution is -2.15. The van der Waals surface area contributed by atoms with Gasteiger partial charge >= 0.3 is 5.69 Å². The first-order valence-electron chi connectivity index (χ1n) is 8.06. The Bertz CT molecular complexity index is 1010. The number of hydrogen-bond acceptors (Lipinski definition) is 6. The molecule has 0 radical (unpaired) electrons. The van der Waals surface area contributed by atoms with E-state index in [1.54, 1.807) is 57.5 Å². The van der Waals surface area contributed by atoms with Crippen molar-refractivity contribution >= 4 is 17.3 Å². The molecule has 2 heterocycles. The number of rotatable bonds is 6. The minimum Gasteiger partial charge on any atom is -0.497 e. The zero-order valence-corrected chi connectivity index (χ0v) is 15.0. The Morgan fingerprint density at radius 1 is 1.30 bits per heavy atom. The third kappa shape index (κ3) is 3.78. The molecule has 2 aromatic heterocycles. The zero-order chi connectivity index (χ0) is 19.6. The number of nitrogens with zero attached hydrogens (tertiary/aromatic N) is 5. The van der Waals surface area contributed by atoms with Crippen LogP contribution in [0.3, 0.4) is 0 Å². The maximum atomic E-state index is 12.4. The van der Waals surface area contributed by atoms with E-state index in [9.17, 15) is 14.9 Å². The summed E-state index contributed by atoms with van der Waals surface area (Å²) in [6.07, 6.45) is 1.61. The number of ether oxygens (including phenoxy) is 1. The summed E-state index contributed by atoms with van der Waals surface area (Å²) in [5.74, 6) is 0.255. The van der Waals surface area contributed by atoms with Crippen molar-refractivity contribution in [2.75, 3.05) is 12.4 Å². The number of carbonyl (C=O) groups is 1. The summed E-state index contributed by atoms with van der Waals surface area (Å²) in [6.45, 7) is 3.36. The Morgan fingerprint density at radius 3 is 2.74 bits per heavy atom. The first-order chi connectivity index (χ1) is 12.9. The third-order valence-corrected chi connectivity index (χ3v) is 4.01. The molecule has 0 spiro atoms. The van der Waals surface area contributed by atoms with Crippen molar-refractivity contribution in [2.45, 2.75) is 20.5 Å². The SMILES string of the molecule is COc1cccc(NC(=O)c2ccn(Cn3nc(C)c([N+](=O)[O-])c3C)n2)c1. The summed E-state index contributed by atoms with van der Waals surface area (Å²) in [4.78, 5) is 23.0. The van der Waals surface area contributed by atoms with Crippen molar-refractivity contribution < 1.29 is 14.5 Å². The van der Waals surface area contributed by atoms with E-state index in [2.05, 4.69) is 15.5 Å². The van der Waals surface area contributed by atoms with E-state index in [0.29, 0.717) is 22.8 Å². The molecule has 0 aliphatic carbocycles. The van der Waals surface area contributed by atoms with E-state index in [-0.39, 0.29) is 24.0 Å². The van der Waals surface area contributed by atoms with Gasteiger partial charge in [0.1, 0.15) is 23.8 Å². The predicted octanol–water partition coefficient (Wildman–Crippen LogP) is 2.37. The molecule has 10 heteroatoms. The van der Waals surface area contributed by atoms with E-state index in [4.69, 9.17) is 4.74 Å². The average molecular weight is 370 g/mol. The highest BCUT2D eigenvalue weighted by atomic mass is 16.6. The Hall–Kier alpha value is -3.69. The molecule has 0 saturated carbocycles. The largest absolute Gasteiger partial charge is 0.497 e. The van der Waals surface area contributed by atoms with Crippen molar-refractivity contribution in [3.8, 4) is 5.75 Å². The van der Waals surface area contributed by atoms with Gasteiger partial charge in [0.25, 0.3) is 5.91 Å². The van der Waals surface area contributed by atoms with Crippen LogP contribution in [-0.4, -0.2) is 37.5 Å². The summed E-state index contributed by atoms with van der Waals surface area (Å²) < 4.78 is 8.09. The quantitative estimate of drug-likeness (QED) is 0.526. The number of hydrogen-bond donors (Lipinski definition) is 1. The molecule has 0 saturated heterocycles. The van der Waals surface area contributed by atoms with Gasteiger partial charge in [-0.25, -0.2) is 4.68 Å². The maximum Gasteiger partial charge on any atom is 0.312 e. The average Bonchev–Trinajstić information content (AvgIpc) is 3.20. The predicted molar refractivity (Wildman–Crippen MR) is 96.9 cm³/mol. The number of aromatic nitrogens is 4. The number of carbonyl (C=O) groups excluding carboxylic acids is 1. The van der Waals surface area contributed by atoms with Gasteiger partial charge < -0.3 is 10.1 Å². The van der Waals surface area contributed by atoms with Crippen LogP contribution in [0.1, 0.15) is 21.9 Å². The number of nitro groups is 1. The molecule has 1 N–H and O–H groups in total. The molecule has 0 fully saturated rings. The first kappa shape index (κ1) is 18.1. The molecule has 0 aliphatic rings. The van der Waals surface area contributed by atoms with Gasteiger partial charge in [0.2, 0.25) is 0 Å². The van der Waals surface area contributed by atoms with Crippen molar-refractivity contribution in [3.05, 3.63) is 63.7 Å². The van der Waals surface area contributed by atoms with Crippen LogP contribution in [0.2, 0.25) is 0 Å². The number of amides is 1. The van der Waals surface area contributed by atoms with Crippen LogP contribution < -0.4 is 10.1 Å². The van der Waals surface area contributed by atoms with Gasteiger partial charge in [-0.2, -0.15) is 10.2 Å². The maximum absolute atomic E-state index is 12.4. The molecule has 140 valence electrons. The van der Waals surface area contributed by atoms with E-state index >= 15 is 0 Å². The minimum atomic E-state index is -0.454. The van der Waals surface area contributed by atoms with Crippen LogP contribution in [0.5, 0.6) is 5.75 Å². The van der Waals surface area contributed by atoms with Gasteiger partial charge in [-0.15, -0.1) is 0 Å². The van der Waals surface area contributed by atoms with Crippen molar-refractivity contribution in [2.24, 2.45) is 0 Å². The van der Waals surface area contributed by atoms with Gasteiger partial charge in [-0.3, -0.25) is 19.6 Å². The summed E-state index contributed by atoms with van der Waals surface area (Å²) in [7, 11) is 1.55. The highest BCUT2D eigenvalue weighted by molar-refractivity contribution is 6.02. The fourth-order valence-electron chi connectivity index (χ4n) is 2.68. The Kier molecular flexibility index (Phi) is 4.88. The molecular formula is C17H18N6O4. The monoisotopic (exact) mass is 370 g/mol. The first-order valence-corrected chi connectivity index (χ1v) is 8.06. The second kappa shape index (κ2) is 7.28. The lowest BCUT2D eigenvalue weighted by atomic mass is 10.3.